The lowest BCUT2D eigenvalue weighted by atomic mass is 10.1. The van der Waals surface area contributed by atoms with Crippen molar-refractivity contribution in [2.24, 2.45) is 0 Å². The Morgan fingerprint density at radius 3 is 2.78 bits per heavy atom. The number of ether oxygens (including phenoxy) is 3. The van der Waals surface area contributed by atoms with Crippen LogP contribution in [0.25, 0.3) is 0 Å². The van der Waals surface area contributed by atoms with E-state index in [9.17, 15) is 4.79 Å². The molecule has 2 heterocycles. The molecule has 0 aromatic rings. The molecule has 6 nitrogen and oxygen atoms in total. The maximum Gasteiger partial charge on any atom is 0.410 e. The number of carbonyl (C=O) groups excluding carboxylic acids is 1. The van der Waals surface area contributed by atoms with E-state index in [0.717, 1.165) is 38.8 Å². The molecule has 6 heteroatoms. The van der Waals surface area contributed by atoms with Crippen molar-refractivity contribution in [3.05, 3.63) is 0 Å². The number of carbonyl (C=O) groups is 1. The van der Waals surface area contributed by atoms with E-state index in [1.807, 2.05) is 27.8 Å². The zero-order chi connectivity index (χ0) is 16.9. The molecule has 0 aliphatic carbocycles. The van der Waals surface area contributed by atoms with Crippen LogP contribution in [0.5, 0.6) is 0 Å². The van der Waals surface area contributed by atoms with Gasteiger partial charge in [-0.25, -0.2) is 4.79 Å². The predicted molar refractivity (Wildman–Crippen MR) is 88.4 cm³/mol. The van der Waals surface area contributed by atoms with Crippen LogP contribution in [0.2, 0.25) is 0 Å². The quantitative estimate of drug-likeness (QED) is 0.840. The molecule has 1 amide bonds. The zero-order valence-electron chi connectivity index (χ0n) is 15.0. The largest absolute Gasteiger partial charge is 0.444 e. The van der Waals surface area contributed by atoms with E-state index in [1.165, 1.54) is 6.42 Å². The summed E-state index contributed by atoms with van der Waals surface area (Å²) in [7, 11) is 1.81. The van der Waals surface area contributed by atoms with Gasteiger partial charge in [-0.2, -0.15) is 0 Å². The number of nitrogens with zero attached hydrogens (tertiary/aromatic N) is 1. The number of hydrogen-bond acceptors (Lipinski definition) is 5. The second-order valence-electron chi connectivity index (χ2n) is 7.54. The molecule has 0 bridgehead atoms. The van der Waals surface area contributed by atoms with Crippen LogP contribution in [0, 0.1) is 0 Å². The number of amides is 1. The highest BCUT2D eigenvalue weighted by Crippen LogP contribution is 2.19. The molecule has 2 fully saturated rings. The van der Waals surface area contributed by atoms with Gasteiger partial charge in [0.15, 0.2) is 6.29 Å². The second kappa shape index (κ2) is 8.31. The van der Waals surface area contributed by atoms with Crippen LogP contribution in [0.3, 0.4) is 0 Å². The first-order valence-electron chi connectivity index (χ1n) is 8.77. The number of nitrogens with one attached hydrogen (secondary N) is 1. The van der Waals surface area contributed by atoms with Gasteiger partial charge in [0, 0.05) is 32.3 Å². The molecule has 2 rings (SSSR count). The first-order valence-corrected chi connectivity index (χ1v) is 8.77. The van der Waals surface area contributed by atoms with Gasteiger partial charge in [-0.05, 0) is 52.9 Å². The molecule has 2 aliphatic heterocycles. The first-order chi connectivity index (χ1) is 10.8. The van der Waals surface area contributed by atoms with Crippen LogP contribution in [0.1, 0.15) is 52.9 Å². The molecule has 0 saturated carbocycles. The van der Waals surface area contributed by atoms with Crippen LogP contribution >= 0.6 is 0 Å². The highest BCUT2D eigenvalue weighted by atomic mass is 16.7. The monoisotopic (exact) mass is 328 g/mol. The molecule has 23 heavy (non-hydrogen) atoms. The van der Waals surface area contributed by atoms with Gasteiger partial charge in [0.25, 0.3) is 0 Å². The second-order valence-corrected chi connectivity index (χ2v) is 7.54. The van der Waals surface area contributed by atoms with Crippen molar-refractivity contribution in [2.45, 2.75) is 76.9 Å². The first kappa shape index (κ1) is 18.5. The summed E-state index contributed by atoms with van der Waals surface area (Å²) < 4.78 is 16.8. The minimum absolute atomic E-state index is 0.0228. The number of rotatable bonds is 5. The molecule has 2 saturated heterocycles. The van der Waals surface area contributed by atoms with Crippen LogP contribution < -0.4 is 5.32 Å². The summed E-state index contributed by atoms with van der Waals surface area (Å²) in [5, 5.41) is 3.47. The molecule has 3 atom stereocenters. The Kier molecular flexibility index (Phi) is 6.68. The lowest BCUT2D eigenvalue weighted by molar-refractivity contribution is -0.163. The van der Waals surface area contributed by atoms with Gasteiger partial charge >= 0.3 is 6.09 Å². The number of hydrogen-bond donors (Lipinski definition) is 1. The SMILES string of the molecule is CN(C(=O)OC(C)(C)C)[C@H]1CN[C@@H](CCOC2CCCCO2)C1. The summed E-state index contributed by atoms with van der Waals surface area (Å²) >= 11 is 0. The van der Waals surface area contributed by atoms with E-state index < -0.39 is 5.60 Å². The standard InChI is InChI=1S/C17H32N2O4/c1-17(2,3)23-16(20)19(4)14-11-13(18-12-14)8-10-22-15-7-5-6-9-21-15/h13-15,18H,5-12H2,1-4H3/t13-,14+,15?/m0/s1. The summed E-state index contributed by atoms with van der Waals surface area (Å²) in [6.07, 6.45) is 4.94. The third kappa shape index (κ3) is 6.28. The van der Waals surface area contributed by atoms with Crippen LogP contribution in [-0.2, 0) is 14.2 Å². The topological polar surface area (TPSA) is 60.0 Å². The van der Waals surface area contributed by atoms with E-state index in [0.29, 0.717) is 12.6 Å². The fraction of sp³-hybridized carbons (Fsp3) is 0.941. The van der Waals surface area contributed by atoms with Gasteiger partial charge in [0.05, 0.1) is 6.61 Å². The fourth-order valence-corrected chi connectivity index (χ4v) is 2.98. The Morgan fingerprint density at radius 1 is 1.35 bits per heavy atom. The predicted octanol–water partition coefficient (Wildman–Crippen LogP) is 2.52. The lowest BCUT2D eigenvalue weighted by Gasteiger charge is -2.28. The minimum atomic E-state index is -0.454. The van der Waals surface area contributed by atoms with Crippen molar-refractivity contribution in [3.8, 4) is 0 Å². The fourth-order valence-electron chi connectivity index (χ4n) is 2.98. The van der Waals surface area contributed by atoms with Crippen molar-refractivity contribution >= 4 is 6.09 Å². The summed E-state index contributed by atoms with van der Waals surface area (Å²) in [4.78, 5) is 13.8. The molecule has 1 N–H and O–H groups in total. The Balaban J connectivity index is 1.65. The van der Waals surface area contributed by atoms with Gasteiger partial charge in [0.1, 0.15) is 5.60 Å². The van der Waals surface area contributed by atoms with Crippen LogP contribution in [0.15, 0.2) is 0 Å². The summed E-state index contributed by atoms with van der Waals surface area (Å²) in [5.74, 6) is 0. The smallest absolute Gasteiger partial charge is 0.410 e. The zero-order valence-corrected chi connectivity index (χ0v) is 15.0. The van der Waals surface area contributed by atoms with Crippen molar-refractivity contribution in [1.29, 1.82) is 0 Å². The third-order valence-corrected chi connectivity index (χ3v) is 4.34. The molecule has 0 aromatic heterocycles. The van der Waals surface area contributed by atoms with Gasteiger partial charge < -0.3 is 24.4 Å². The van der Waals surface area contributed by atoms with Gasteiger partial charge in [-0.15, -0.1) is 0 Å². The highest BCUT2D eigenvalue weighted by Gasteiger charge is 2.31. The maximum absolute atomic E-state index is 12.1. The van der Waals surface area contributed by atoms with Crippen molar-refractivity contribution in [2.75, 3.05) is 26.8 Å². The number of likely N-dealkylation sites (N-methyl/N-ethyl adjacent to an activating group) is 1. The molecule has 0 spiro atoms. The molecule has 2 aliphatic rings. The molecular formula is C17H32N2O4. The van der Waals surface area contributed by atoms with E-state index in [1.54, 1.807) is 4.90 Å². The molecule has 1 unspecified atom stereocenters. The molecular weight excluding hydrogens is 296 g/mol. The van der Waals surface area contributed by atoms with Crippen LogP contribution in [0.4, 0.5) is 4.79 Å². The van der Waals surface area contributed by atoms with Gasteiger partial charge in [0.2, 0.25) is 0 Å². The molecule has 0 radical (unpaired) electrons. The van der Waals surface area contributed by atoms with Crippen molar-refractivity contribution in [1.82, 2.24) is 10.2 Å². The Morgan fingerprint density at radius 2 is 2.13 bits per heavy atom. The highest BCUT2D eigenvalue weighted by molar-refractivity contribution is 5.68. The van der Waals surface area contributed by atoms with Gasteiger partial charge in [-0.1, -0.05) is 0 Å². The average molecular weight is 328 g/mol. The van der Waals surface area contributed by atoms with Crippen molar-refractivity contribution < 1.29 is 19.0 Å². The summed E-state index contributed by atoms with van der Waals surface area (Å²) in [6.45, 7) is 7.98. The van der Waals surface area contributed by atoms with E-state index in [2.05, 4.69) is 5.32 Å². The Labute approximate surface area is 139 Å². The lowest BCUT2D eigenvalue weighted by Crippen LogP contribution is -2.41. The van der Waals surface area contributed by atoms with E-state index in [-0.39, 0.29) is 18.4 Å². The van der Waals surface area contributed by atoms with E-state index >= 15 is 0 Å². The minimum Gasteiger partial charge on any atom is -0.444 e. The summed E-state index contributed by atoms with van der Waals surface area (Å²) in [6, 6.07) is 0.564. The molecule has 134 valence electrons. The maximum atomic E-state index is 12.1. The van der Waals surface area contributed by atoms with Crippen molar-refractivity contribution in [3.63, 3.8) is 0 Å². The summed E-state index contributed by atoms with van der Waals surface area (Å²) in [5.41, 5.74) is -0.454. The normalized spacial score (nSPS) is 28.6. The Bertz CT molecular complexity index is 377. The van der Waals surface area contributed by atoms with Gasteiger partial charge in [-0.3, -0.25) is 0 Å². The molecule has 0 aromatic carbocycles. The van der Waals surface area contributed by atoms with Crippen LogP contribution in [-0.4, -0.2) is 61.8 Å². The average Bonchev–Trinajstić information content (AvgIpc) is 2.94. The van der Waals surface area contributed by atoms with E-state index in [4.69, 9.17) is 14.2 Å². The Hall–Kier alpha value is -0.850. The third-order valence-electron chi connectivity index (χ3n) is 4.34.